The van der Waals surface area contributed by atoms with Crippen molar-refractivity contribution in [2.75, 3.05) is 19.6 Å². The van der Waals surface area contributed by atoms with Gasteiger partial charge in [-0.15, -0.1) is 0 Å². The number of nitrogens with zero attached hydrogens (tertiary/aromatic N) is 1. The maximum absolute atomic E-state index is 13.9. The lowest BCUT2D eigenvalue weighted by molar-refractivity contribution is 0.0709. The van der Waals surface area contributed by atoms with Crippen LogP contribution in [0.2, 0.25) is 0 Å². The summed E-state index contributed by atoms with van der Waals surface area (Å²) < 4.78 is 13.9. The molecule has 2 N–H and O–H groups in total. The van der Waals surface area contributed by atoms with Gasteiger partial charge in [-0.05, 0) is 50.9 Å². The third-order valence-corrected chi connectivity index (χ3v) is 4.77. The maximum Gasteiger partial charge on any atom is 0.165 e. The maximum atomic E-state index is 13.9. The second-order valence-electron chi connectivity index (χ2n) is 6.37. The minimum absolute atomic E-state index is 0.461. The highest BCUT2D eigenvalue weighted by molar-refractivity contribution is 5.48. The molecule has 0 spiro atoms. The predicted octanol–water partition coefficient (Wildman–Crippen LogP) is 1.60. The number of piperidine rings is 3. The van der Waals surface area contributed by atoms with Crippen LogP contribution in [0, 0.1) is 5.92 Å². The van der Waals surface area contributed by atoms with E-state index in [9.17, 15) is 4.39 Å². The van der Waals surface area contributed by atoms with E-state index in [4.69, 9.17) is 4.84 Å². The van der Waals surface area contributed by atoms with Crippen molar-refractivity contribution in [2.24, 2.45) is 5.92 Å². The van der Waals surface area contributed by atoms with Gasteiger partial charge in [0.2, 0.25) is 0 Å². The molecule has 5 rings (SSSR count). The average Bonchev–Trinajstić information content (AvgIpc) is 2.81. The van der Waals surface area contributed by atoms with Gasteiger partial charge in [-0.2, -0.15) is 0 Å². The summed E-state index contributed by atoms with van der Waals surface area (Å²) in [6.45, 7) is 5.07. The van der Waals surface area contributed by atoms with Crippen LogP contribution in [0.1, 0.15) is 19.8 Å². The zero-order valence-electron chi connectivity index (χ0n) is 11.7. The molecule has 1 aliphatic carbocycles. The summed E-state index contributed by atoms with van der Waals surface area (Å²) in [5.41, 5.74) is 2.41. The molecule has 0 saturated carbocycles. The van der Waals surface area contributed by atoms with Crippen molar-refractivity contribution in [1.29, 1.82) is 0 Å². The largest absolute Gasteiger partial charge is 0.380 e. The van der Waals surface area contributed by atoms with Crippen LogP contribution in [0.25, 0.3) is 0 Å². The molecule has 5 aliphatic rings. The zero-order chi connectivity index (χ0) is 13.7. The molecule has 0 aromatic heterocycles. The number of allylic oxidation sites excluding steroid dienone is 3. The lowest BCUT2D eigenvalue weighted by Crippen LogP contribution is -2.56. The van der Waals surface area contributed by atoms with Gasteiger partial charge in [-0.1, -0.05) is 0 Å². The number of hydroxylamine groups is 1. The zero-order valence-corrected chi connectivity index (χ0v) is 11.7. The van der Waals surface area contributed by atoms with Crippen LogP contribution in [0.5, 0.6) is 0 Å². The molecule has 3 fully saturated rings. The van der Waals surface area contributed by atoms with Gasteiger partial charge in [-0.25, -0.2) is 9.87 Å². The molecule has 20 heavy (non-hydrogen) atoms. The summed E-state index contributed by atoms with van der Waals surface area (Å²) in [5, 5.41) is 3.56. The summed E-state index contributed by atoms with van der Waals surface area (Å²) >= 11 is 0. The van der Waals surface area contributed by atoms with Crippen LogP contribution in [-0.2, 0) is 4.84 Å². The molecule has 0 aromatic rings. The van der Waals surface area contributed by atoms with E-state index < -0.39 is 5.67 Å². The molecular weight excluding hydrogens is 257 g/mol. The fourth-order valence-corrected chi connectivity index (χ4v) is 3.58. The molecule has 5 heteroatoms. The molecule has 0 aromatic carbocycles. The van der Waals surface area contributed by atoms with Gasteiger partial charge >= 0.3 is 0 Å². The van der Waals surface area contributed by atoms with Gasteiger partial charge in [-0.3, -0.25) is 0 Å². The molecule has 4 nitrogen and oxygen atoms in total. The van der Waals surface area contributed by atoms with E-state index in [1.54, 1.807) is 12.2 Å². The highest BCUT2D eigenvalue weighted by atomic mass is 19.1. The van der Waals surface area contributed by atoms with E-state index in [-0.39, 0.29) is 0 Å². The lowest BCUT2D eigenvalue weighted by atomic mass is 9.84. The van der Waals surface area contributed by atoms with Crippen molar-refractivity contribution in [1.82, 2.24) is 15.7 Å². The van der Waals surface area contributed by atoms with E-state index >= 15 is 0 Å². The first-order chi connectivity index (χ1) is 9.61. The summed E-state index contributed by atoms with van der Waals surface area (Å²) in [6.07, 6.45) is 7.42. The van der Waals surface area contributed by atoms with Crippen molar-refractivity contribution in [2.45, 2.75) is 31.5 Å². The summed E-state index contributed by atoms with van der Waals surface area (Å²) in [7, 11) is 0. The van der Waals surface area contributed by atoms with Crippen LogP contribution >= 0.6 is 0 Å². The number of alkyl halides is 1. The first-order valence-corrected chi connectivity index (χ1v) is 7.38. The topological polar surface area (TPSA) is 36.5 Å². The molecule has 1 unspecified atom stereocenters. The monoisotopic (exact) mass is 277 g/mol. The Labute approximate surface area is 118 Å². The second-order valence-corrected chi connectivity index (χ2v) is 6.37. The van der Waals surface area contributed by atoms with Gasteiger partial charge in [0.05, 0.1) is 5.57 Å². The lowest BCUT2D eigenvalue weighted by Gasteiger charge is -2.45. The van der Waals surface area contributed by atoms with Gasteiger partial charge < -0.3 is 15.1 Å². The average molecular weight is 277 g/mol. The molecule has 3 saturated heterocycles. The second kappa shape index (κ2) is 4.25. The number of hydrogen-bond acceptors (Lipinski definition) is 4. The third kappa shape index (κ3) is 2.00. The molecule has 0 amide bonds. The molecule has 0 radical (unpaired) electrons. The van der Waals surface area contributed by atoms with Crippen molar-refractivity contribution >= 4 is 0 Å². The standard InChI is InChI=1S/C15H20FN3O/c1-15(16)5-2-11-13(8-15)20-18-14(11)17-12-9-19-6-3-10(12)4-7-19/h2,5,8,10,12,17-18H,3-4,6-7,9H2,1H3/t12?,15-/m1/s1. The normalized spacial score (nSPS) is 41.9. The Morgan fingerprint density at radius 2 is 2.25 bits per heavy atom. The molecule has 4 aliphatic heterocycles. The summed E-state index contributed by atoms with van der Waals surface area (Å²) in [4.78, 5) is 7.90. The Morgan fingerprint density at radius 1 is 1.45 bits per heavy atom. The Balaban J connectivity index is 1.54. The van der Waals surface area contributed by atoms with Gasteiger partial charge in [0.1, 0.15) is 11.5 Å². The quantitative estimate of drug-likeness (QED) is 0.804. The first-order valence-electron chi connectivity index (χ1n) is 7.38. The van der Waals surface area contributed by atoms with Gasteiger partial charge in [0.15, 0.2) is 5.76 Å². The Hall–Kier alpha value is -1.49. The summed E-state index contributed by atoms with van der Waals surface area (Å²) in [5.74, 6) is 2.20. The highest BCUT2D eigenvalue weighted by Gasteiger charge is 2.36. The smallest absolute Gasteiger partial charge is 0.165 e. The minimum atomic E-state index is -1.43. The molecule has 2 bridgehead atoms. The molecule has 108 valence electrons. The number of hydrogen-bond donors (Lipinski definition) is 2. The van der Waals surface area contributed by atoms with Crippen LogP contribution < -0.4 is 10.8 Å². The van der Waals surface area contributed by atoms with Crippen molar-refractivity contribution in [3.63, 3.8) is 0 Å². The third-order valence-electron chi connectivity index (χ3n) is 4.77. The van der Waals surface area contributed by atoms with E-state index in [0.29, 0.717) is 11.8 Å². The summed E-state index contributed by atoms with van der Waals surface area (Å²) in [6, 6.07) is 0.461. The predicted molar refractivity (Wildman–Crippen MR) is 74.1 cm³/mol. The highest BCUT2D eigenvalue weighted by Crippen LogP contribution is 2.33. The van der Waals surface area contributed by atoms with Crippen molar-refractivity contribution in [3.05, 3.63) is 35.4 Å². The Kier molecular flexibility index (Phi) is 2.61. The van der Waals surface area contributed by atoms with E-state index in [1.807, 2.05) is 0 Å². The fraction of sp³-hybridized carbons (Fsp3) is 0.600. The molecule has 4 heterocycles. The van der Waals surface area contributed by atoms with E-state index in [2.05, 4.69) is 15.7 Å². The molecule has 2 atom stereocenters. The van der Waals surface area contributed by atoms with Crippen LogP contribution in [-0.4, -0.2) is 36.2 Å². The first kappa shape index (κ1) is 12.3. The van der Waals surface area contributed by atoms with Crippen molar-refractivity contribution < 1.29 is 9.23 Å². The fourth-order valence-electron chi connectivity index (χ4n) is 3.58. The van der Waals surface area contributed by atoms with Crippen molar-refractivity contribution in [3.8, 4) is 0 Å². The Bertz CT molecular complexity index is 515. The number of halogens is 1. The number of rotatable bonds is 2. The number of nitrogens with one attached hydrogen (secondary N) is 2. The minimum Gasteiger partial charge on any atom is -0.380 e. The Morgan fingerprint density at radius 3 is 2.95 bits per heavy atom. The van der Waals surface area contributed by atoms with E-state index in [1.165, 1.54) is 38.9 Å². The van der Waals surface area contributed by atoms with Gasteiger partial charge in [0.25, 0.3) is 0 Å². The van der Waals surface area contributed by atoms with Crippen LogP contribution in [0.15, 0.2) is 35.4 Å². The van der Waals surface area contributed by atoms with E-state index in [0.717, 1.165) is 23.9 Å². The molecular formula is C15H20FN3O. The van der Waals surface area contributed by atoms with Crippen LogP contribution in [0.3, 0.4) is 0 Å². The SMILES string of the molecule is C[C@@]1(F)C=CC2=C(NC3CN4CCC3CC4)NOC2=C1. The number of fused-ring (bicyclic) bond motifs is 4. The van der Waals surface area contributed by atoms with Crippen LogP contribution in [0.4, 0.5) is 4.39 Å². The van der Waals surface area contributed by atoms with Gasteiger partial charge in [0, 0.05) is 18.7 Å².